The van der Waals surface area contributed by atoms with Gasteiger partial charge in [0.05, 0.1) is 6.61 Å². The Morgan fingerprint density at radius 1 is 1.42 bits per heavy atom. The van der Waals surface area contributed by atoms with Crippen LogP contribution in [0, 0.1) is 0 Å². The molecule has 5 heteroatoms. The maximum absolute atomic E-state index is 11.9. The molecule has 1 saturated heterocycles. The topological polar surface area (TPSA) is 53.6 Å². The number of carbonyl (C=O) groups is 1. The lowest BCUT2D eigenvalue weighted by Gasteiger charge is -2.22. The molecule has 0 bridgehead atoms. The SMILES string of the molecule is CN(C)c1ccc(CNC(=O)C2CNCCO2)cc1. The zero-order chi connectivity index (χ0) is 13.7. The van der Waals surface area contributed by atoms with Crippen LogP contribution in [-0.4, -0.2) is 45.8 Å². The third kappa shape index (κ3) is 3.94. The Labute approximate surface area is 113 Å². The lowest BCUT2D eigenvalue weighted by atomic mass is 10.2. The number of hydrogen-bond acceptors (Lipinski definition) is 4. The first-order valence-electron chi connectivity index (χ1n) is 6.53. The number of rotatable bonds is 4. The van der Waals surface area contributed by atoms with Crippen molar-refractivity contribution < 1.29 is 9.53 Å². The van der Waals surface area contributed by atoms with Crippen molar-refractivity contribution >= 4 is 11.6 Å². The van der Waals surface area contributed by atoms with Crippen LogP contribution in [0.2, 0.25) is 0 Å². The molecule has 104 valence electrons. The van der Waals surface area contributed by atoms with E-state index in [0.29, 0.717) is 19.7 Å². The first-order valence-corrected chi connectivity index (χ1v) is 6.53. The highest BCUT2D eigenvalue weighted by Gasteiger charge is 2.20. The molecule has 1 aliphatic heterocycles. The fourth-order valence-corrected chi connectivity index (χ4v) is 1.95. The quantitative estimate of drug-likeness (QED) is 0.823. The van der Waals surface area contributed by atoms with Crippen LogP contribution in [0.15, 0.2) is 24.3 Å². The molecule has 0 radical (unpaired) electrons. The minimum atomic E-state index is -0.366. The van der Waals surface area contributed by atoms with E-state index < -0.39 is 0 Å². The van der Waals surface area contributed by atoms with Crippen LogP contribution in [0.3, 0.4) is 0 Å². The van der Waals surface area contributed by atoms with Crippen LogP contribution in [0.1, 0.15) is 5.56 Å². The van der Waals surface area contributed by atoms with E-state index in [1.165, 1.54) is 0 Å². The van der Waals surface area contributed by atoms with E-state index in [1.54, 1.807) is 0 Å². The molecule has 1 fully saturated rings. The summed E-state index contributed by atoms with van der Waals surface area (Å²) >= 11 is 0. The number of amides is 1. The van der Waals surface area contributed by atoms with Crippen LogP contribution in [0.25, 0.3) is 0 Å². The van der Waals surface area contributed by atoms with Gasteiger partial charge in [0.15, 0.2) is 0 Å². The fraction of sp³-hybridized carbons (Fsp3) is 0.500. The van der Waals surface area contributed by atoms with Crippen molar-refractivity contribution in [1.82, 2.24) is 10.6 Å². The van der Waals surface area contributed by atoms with Crippen LogP contribution < -0.4 is 15.5 Å². The second-order valence-corrected chi connectivity index (χ2v) is 4.84. The molecule has 1 aromatic rings. The van der Waals surface area contributed by atoms with E-state index in [-0.39, 0.29) is 12.0 Å². The van der Waals surface area contributed by atoms with Gasteiger partial charge < -0.3 is 20.3 Å². The number of benzene rings is 1. The molecule has 1 heterocycles. The van der Waals surface area contributed by atoms with E-state index in [0.717, 1.165) is 17.8 Å². The predicted molar refractivity (Wildman–Crippen MR) is 75.2 cm³/mol. The number of anilines is 1. The summed E-state index contributed by atoms with van der Waals surface area (Å²) in [5.41, 5.74) is 2.23. The zero-order valence-corrected chi connectivity index (χ0v) is 11.5. The van der Waals surface area contributed by atoms with Gasteiger partial charge in [0.2, 0.25) is 0 Å². The third-order valence-electron chi connectivity index (χ3n) is 3.14. The molecule has 0 aliphatic carbocycles. The summed E-state index contributed by atoms with van der Waals surface area (Å²) in [6.45, 7) is 2.53. The summed E-state index contributed by atoms with van der Waals surface area (Å²) in [7, 11) is 4.01. The van der Waals surface area contributed by atoms with Gasteiger partial charge in [-0.1, -0.05) is 12.1 Å². The van der Waals surface area contributed by atoms with Crippen LogP contribution in [-0.2, 0) is 16.1 Å². The predicted octanol–water partition coefficient (Wildman–Crippen LogP) is 0.357. The van der Waals surface area contributed by atoms with Crippen molar-refractivity contribution in [2.24, 2.45) is 0 Å². The summed E-state index contributed by atoms with van der Waals surface area (Å²) in [5.74, 6) is -0.0520. The maximum atomic E-state index is 11.9. The van der Waals surface area contributed by atoms with Gasteiger partial charge in [-0.15, -0.1) is 0 Å². The minimum Gasteiger partial charge on any atom is -0.378 e. The van der Waals surface area contributed by atoms with Gasteiger partial charge in [-0.25, -0.2) is 0 Å². The second kappa shape index (κ2) is 6.54. The van der Waals surface area contributed by atoms with Crippen LogP contribution in [0.4, 0.5) is 5.69 Å². The van der Waals surface area contributed by atoms with Crippen molar-refractivity contribution in [1.29, 1.82) is 0 Å². The van der Waals surface area contributed by atoms with E-state index in [9.17, 15) is 4.79 Å². The lowest BCUT2D eigenvalue weighted by Crippen LogP contribution is -2.47. The first-order chi connectivity index (χ1) is 9.16. The third-order valence-corrected chi connectivity index (χ3v) is 3.14. The van der Waals surface area contributed by atoms with Crippen molar-refractivity contribution in [3.63, 3.8) is 0 Å². The van der Waals surface area contributed by atoms with Gasteiger partial charge in [-0.05, 0) is 17.7 Å². The molecule has 1 atom stereocenters. The Morgan fingerprint density at radius 2 is 2.16 bits per heavy atom. The summed E-state index contributed by atoms with van der Waals surface area (Å²) in [4.78, 5) is 13.9. The number of nitrogens with one attached hydrogen (secondary N) is 2. The molecule has 0 saturated carbocycles. The molecule has 1 amide bonds. The largest absolute Gasteiger partial charge is 0.378 e. The van der Waals surface area contributed by atoms with Gasteiger partial charge in [0.25, 0.3) is 5.91 Å². The highest BCUT2D eigenvalue weighted by Crippen LogP contribution is 2.12. The summed E-state index contributed by atoms with van der Waals surface area (Å²) in [6.07, 6.45) is -0.366. The molecule has 1 aliphatic rings. The van der Waals surface area contributed by atoms with Crippen molar-refractivity contribution in [2.45, 2.75) is 12.6 Å². The molecule has 2 N–H and O–H groups in total. The Balaban J connectivity index is 1.82. The smallest absolute Gasteiger partial charge is 0.250 e. The van der Waals surface area contributed by atoms with E-state index >= 15 is 0 Å². The maximum Gasteiger partial charge on any atom is 0.250 e. The number of morpholine rings is 1. The van der Waals surface area contributed by atoms with Gasteiger partial charge in [0, 0.05) is 39.4 Å². The average molecular weight is 263 g/mol. The highest BCUT2D eigenvalue weighted by atomic mass is 16.5. The second-order valence-electron chi connectivity index (χ2n) is 4.84. The highest BCUT2D eigenvalue weighted by molar-refractivity contribution is 5.81. The molecule has 5 nitrogen and oxygen atoms in total. The number of hydrogen-bond donors (Lipinski definition) is 2. The standard InChI is InChI=1S/C14H21N3O2/c1-17(2)12-5-3-11(4-6-12)9-16-14(18)13-10-15-7-8-19-13/h3-6,13,15H,7-10H2,1-2H3,(H,16,18). The van der Waals surface area contributed by atoms with Crippen molar-refractivity contribution in [3.05, 3.63) is 29.8 Å². The van der Waals surface area contributed by atoms with E-state index in [2.05, 4.69) is 10.6 Å². The number of nitrogens with zero attached hydrogens (tertiary/aromatic N) is 1. The van der Waals surface area contributed by atoms with Crippen LogP contribution >= 0.6 is 0 Å². The van der Waals surface area contributed by atoms with Gasteiger partial charge >= 0.3 is 0 Å². The zero-order valence-electron chi connectivity index (χ0n) is 11.5. The van der Waals surface area contributed by atoms with E-state index in [4.69, 9.17) is 4.74 Å². The summed E-state index contributed by atoms with van der Waals surface area (Å²) in [5, 5.41) is 6.04. The van der Waals surface area contributed by atoms with Gasteiger partial charge in [0.1, 0.15) is 6.10 Å². The number of carbonyl (C=O) groups excluding carboxylic acids is 1. The first kappa shape index (κ1) is 13.8. The fourth-order valence-electron chi connectivity index (χ4n) is 1.95. The van der Waals surface area contributed by atoms with Gasteiger partial charge in [-0.2, -0.15) is 0 Å². The van der Waals surface area contributed by atoms with E-state index in [1.807, 2.05) is 43.3 Å². The lowest BCUT2D eigenvalue weighted by molar-refractivity contribution is -0.134. The molecule has 1 unspecified atom stereocenters. The Morgan fingerprint density at radius 3 is 2.74 bits per heavy atom. The summed E-state index contributed by atoms with van der Waals surface area (Å²) in [6, 6.07) is 8.13. The van der Waals surface area contributed by atoms with Gasteiger partial charge in [-0.3, -0.25) is 4.79 Å². The number of ether oxygens (including phenoxy) is 1. The molecular weight excluding hydrogens is 242 g/mol. The normalized spacial score (nSPS) is 18.9. The van der Waals surface area contributed by atoms with Crippen molar-refractivity contribution in [3.8, 4) is 0 Å². The molecule has 0 aromatic heterocycles. The Hall–Kier alpha value is -1.59. The molecule has 1 aromatic carbocycles. The summed E-state index contributed by atoms with van der Waals surface area (Å²) < 4.78 is 5.40. The Bertz CT molecular complexity index is 411. The molecule has 19 heavy (non-hydrogen) atoms. The molecule has 2 rings (SSSR count). The van der Waals surface area contributed by atoms with Crippen LogP contribution in [0.5, 0.6) is 0 Å². The Kier molecular flexibility index (Phi) is 4.76. The minimum absolute atomic E-state index is 0.0520. The molecule has 0 spiro atoms. The molecular formula is C14H21N3O2. The average Bonchev–Trinajstić information content (AvgIpc) is 2.46. The van der Waals surface area contributed by atoms with Crippen molar-refractivity contribution in [2.75, 3.05) is 38.7 Å². The monoisotopic (exact) mass is 263 g/mol.